The van der Waals surface area contributed by atoms with Crippen LogP contribution in [0.4, 0.5) is 5.69 Å². The predicted octanol–water partition coefficient (Wildman–Crippen LogP) is 6.33. The van der Waals surface area contributed by atoms with Crippen molar-refractivity contribution in [1.29, 1.82) is 0 Å². The molecule has 5 heteroatoms. The molecule has 0 atom stereocenters. The van der Waals surface area contributed by atoms with Crippen molar-refractivity contribution in [2.24, 2.45) is 0 Å². The van der Waals surface area contributed by atoms with Crippen molar-refractivity contribution in [3.8, 4) is 5.75 Å². The van der Waals surface area contributed by atoms with Crippen LogP contribution in [0.15, 0.2) is 81.2 Å². The summed E-state index contributed by atoms with van der Waals surface area (Å²) < 4.78 is 19.0. The van der Waals surface area contributed by atoms with E-state index in [2.05, 4.69) is 27.2 Å². The first-order valence-electron chi connectivity index (χ1n) is 8.45. The lowest BCUT2D eigenvalue weighted by Crippen LogP contribution is -2.34. The third kappa shape index (κ3) is 3.34. The number of fused-ring (bicyclic) bond motifs is 3. The van der Waals surface area contributed by atoms with E-state index in [1.165, 1.54) is 0 Å². The summed E-state index contributed by atoms with van der Waals surface area (Å²) in [4.78, 5) is 0. The fourth-order valence-electron chi connectivity index (χ4n) is 2.80. The van der Waals surface area contributed by atoms with Gasteiger partial charge in [0.15, 0.2) is 0 Å². The average molecular weight is 366 g/mol. The van der Waals surface area contributed by atoms with Gasteiger partial charge in [-0.1, -0.05) is 42.5 Å². The standard InChI is InChI=1S/C21H21NO3P/c1-22(2,3)16-9-8-10-17(15-16)23-26-24-20-13-6-4-11-18(20)19-12-5-7-14-21(19)25-26/h4-15H,1-3H3/q+1. The zero-order chi connectivity index (χ0) is 18.1. The lowest BCUT2D eigenvalue weighted by Gasteiger charge is -2.23. The molecular weight excluding hydrogens is 345 g/mol. The Labute approximate surface area is 153 Å². The molecule has 0 aliphatic heterocycles. The Hall–Kier alpha value is -2.68. The highest BCUT2D eigenvalue weighted by atomic mass is 31.1. The molecule has 0 fully saturated rings. The summed E-state index contributed by atoms with van der Waals surface area (Å²) in [7, 11) is 4.76. The van der Waals surface area contributed by atoms with E-state index >= 15 is 0 Å². The van der Waals surface area contributed by atoms with Gasteiger partial charge in [-0.3, -0.25) is 4.48 Å². The Balaban J connectivity index is 1.87. The summed E-state index contributed by atoms with van der Waals surface area (Å²) >= 11 is 0. The van der Waals surface area contributed by atoms with E-state index in [1.54, 1.807) is 0 Å². The smallest absolute Gasteiger partial charge is 0.390 e. The number of benzene rings is 3. The Morgan fingerprint density at radius 2 is 1.31 bits per heavy atom. The van der Waals surface area contributed by atoms with Crippen molar-refractivity contribution in [2.45, 2.75) is 0 Å². The van der Waals surface area contributed by atoms with E-state index in [9.17, 15) is 0 Å². The molecule has 0 bridgehead atoms. The lowest BCUT2D eigenvalue weighted by atomic mass is 10.1. The van der Waals surface area contributed by atoms with E-state index in [1.807, 2.05) is 66.7 Å². The zero-order valence-electron chi connectivity index (χ0n) is 15.0. The van der Waals surface area contributed by atoms with E-state index in [-0.39, 0.29) is 0 Å². The van der Waals surface area contributed by atoms with E-state index in [0.29, 0.717) is 4.48 Å². The molecule has 1 aromatic heterocycles. The monoisotopic (exact) mass is 366 g/mol. The van der Waals surface area contributed by atoms with Crippen LogP contribution in [0.3, 0.4) is 0 Å². The molecule has 132 valence electrons. The molecule has 1 heterocycles. The molecule has 0 spiro atoms. The van der Waals surface area contributed by atoms with E-state index in [0.717, 1.165) is 33.4 Å². The van der Waals surface area contributed by atoms with Gasteiger partial charge in [-0.25, -0.2) is 0 Å². The summed E-state index contributed by atoms with van der Waals surface area (Å²) in [5.74, 6) is 0.735. The average Bonchev–Trinajstić information content (AvgIpc) is 2.77. The summed E-state index contributed by atoms with van der Waals surface area (Å²) in [6.45, 7) is 0. The van der Waals surface area contributed by atoms with Crippen LogP contribution < -0.4 is 9.01 Å². The van der Waals surface area contributed by atoms with Crippen LogP contribution in [0.5, 0.6) is 5.75 Å². The molecule has 4 nitrogen and oxygen atoms in total. The van der Waals surface area contributed by atoms with Crippen molar-refractivity contribution in [2.75, 3.05) is 21.1 Å². The van der Waals surface area contributed by atoms with Crippen molar-refractivity contribution >= 4 is 35.9 Å². The van der Waals surface area contributed by atoms with Crippen molar-refractivity contribution in [3.05, 3.63) is 72.8 Å². The van der Waals surface area contributed by atoms with Crippen LogP contribution >= 0.6 is 8.24 Å². The maximum absolute atomic E-state index is 6.10. The van der Waals surface area contributed by atoms with Gasteiger partial charge in [0.05, 0.1) is 21.1 Å². The molecule has 0 amide bonds. The predicted molar refractivity (Wildman–Crippen MR) is 108 cm³/mol. The number of rotatable bonds is 3. The highest BCUT2D eigenvalue weighted by Gasteiger charge is 2.14. The molecule has 0 aliphatic carbocycles. The summed E-state index contributed by atoms with van der Waals surface area (Å²) in [5, 5.41) is 2.02. The minimum absolute atomic E-state index is 0.711. The molecule has 3 aromatic carbocycles. The molecule has 0 radical (unpaired) electrons. The second-order valence-corrected chi connectivity index (χ2v) is 7.99. The van der Waals surface area contributed by atoms with Crippen molar-refractivity contribution in [1.82, 2.24) is 4.48 Å². The molecule has 0 saturated heterocycles. The molecule has 0 aliphatic rings. The zero-order valence-corrected chi connectivity index (χ0v) is 15.9. The lowest BCUT2D eigenvalue weighted by molar-refractivity contribution is 0.476. The van der Waals surface area contributed by atoms with Crippen LogP contribution in [0.2, 0.25) is 0 Å². The first-order chi connectivity index (χ1) is 12.5. The van der Waals surface area contributed by atoms with Crippen molar-refractivity contribution in [3.63, 3.8) is 0 Å². The molecular formula is C21H21NO3P+. The molecule has 0 N–H and O–H groups in total. The molecule has 26 heavy (non-hydrogen) atoms. The minimum Gasteiger partial charge on any atom is -0.390 e. The topological polar surface area (TPSA) is 35.5 Å². The fraction of sp³-hybridized carbons (Fsp3) is 0.143. The van der Waals surface area contributed by atoms with Crippen molar-refractivity contribution < 1.29 is 12.9 Å². The third-order valence-electron chi connectivity index (χ3n) is 4.18. The Morgan fingerprint density at radius 1 is 0.731 bits per heavy atom. The van der Waals surface area contributed by atoms with Gasteiger partial charge in [-0.2, -0.15) is 0 Å². The van der Waals surface area contributed by atoms with Gasteiger partial charge in [0.2, 0.25) is 0 Å². The number of hydrogen-bond acceptors (Lipinski definition) is 3. The second kappa shape index (κ2) is 6.56. The van der Waals surface area contributed by atoms with Gasteiger partial charge in [-0.15, -0.1) is 0 Å². The second-order valence-electron chi connectivity index (χ2n) is 7.00. The summed E-state index contributed by atoms with van der Waals surface area (Å²) in [5.41, 5.74) is 2.69. The minimum atomic E-state index is -1.60. The molecule has 0 saturated carbocycles. The number of para-hydroxylation sites is 2. The SMILES string of the molecule is C[N+](C)(C)c1cccc(Op2oc3ccccc3c3ccccc3o2)c1. The van der Waals surface area contributed by atoms with Crippen LogP contribution in [-0.2, 0) is 0 Å². The van der Waals surface area contributed by atoms with Gasteiger partial charge in [0, 0.05) is 16.8 Å². The Morgan fingerprint density at radius 3 is 1.88 bits per heavy atom. The number of nitrogens with zero attached hydrogens (tertiary/aromatic N) is 1. The number of hydrogen-bond donors (Lipinski definition) is 0. The summed E-state index contributed by atoms with van der Waals surface area (Å²) in [6.07, 6.45) is 0. The third-order valence-corrected chi connectivity index (χ3v) is 5.23. The quantitative estimate of drug-likeness (QED) is 0.398. The molecule has 4 rings (SSSR count). The van der Waals surface area contributed by atoms with Gasteiger partial charge in [0.1, 0.15) is 22.6 Å². The first-order valence-corrected chi connectivity index (χ1v) is 9.55. The van der Waals surface area contributed by atoms with Gasteiger partial charge < -0.3 is 12.9 Å². The first kappa shape index (κ1) is 16.8. The van der Waals surface area contributed by atoms with Gasteiger partial charge in [-0.05, 0) is 24.3 Å². The van der Waals surface area contributed by atoms with Gasteiger partial charge >= 0.3 is 8.24 Å². The van der Waals surface area contributed by atoms with Crippen LogP contribution in [-0.4, -0.2) is 21.1 Å². The normalized spacial score (nSPS) is 11.7. The Kier molecular flexibility index (Phi) is 4.23. The highest BCUT2D eigenvalue weighted by Crippen LogP contribution is 2.37. The molecule has 0 unspecified atom stereocenters. The highest BCUT2D eigenvalue weighted by molar-refractivity contribution is 7.32. The van der Waals surface area contributed by atoms with E-state index < -0.39 is 8.24 Å². The maximum atomic E-state index is 6.10. The summed E-state index contributed by atoms with van der Waals surface area (Å²) in [6, 6.07) is 23.9. The largest absolute Gasteiger partial charge is 0.453 e. The van der Waals surface area contributed by atoms with Crippen LogP contribution in [0.25, 0.3) is 21.9 Å². The van der Waals surface area contributed by atoms with E-state index in [4.69, 9.17) is 12.9 Å². The molecule has 4 aromatic rings. The van der Waals surface area contributed by atoms with Crippen LogP contribution in [0.1, 0.15) is 0 Å². The van der Waals surface area contributed by atoms with Gasteiger partial charge in [0.25, 0.3) is 0 Å². The Bertz CT molecular complexity index is 1050. The fourth-order valence-corrected chi connectivity index (χ4v) is 3.83. The number of quaternary nitrogens is 1. The van der Waals surface area contributed by atoms with Crippen LogP contribution in [0, 0.1) is 0 Å². The maximum Gasteiger partial charge on any atom is 0.453 e.